The first-order valence-electron chi connectivity index (χ1n) is 6.94. The van der Waals surface area contributed by atoms with E-state index in [1.54, 1.807) is 0 Å². The van der Waals surface area contributed by atoms with Gasteiger partial charge in [0.1, 0.15) is 0 Å². The SMILES string of the molecule is CNC(C)c1ccc(N(C)Cc2ccccc2Cl)cc1Br. The van der Waals surface area contributed by atoms with E-state index in [4.69, 9.17) is 11.6 Å². The van der Waals surface area contributed by atoms with Gasteiger partial charge in [-0.05, 0) is 43.3 Å². The molecule has 0 aliphatic rings. The molecule has 2 aromatic rings. The van der Waals surface area contributed by atoms with Crippen molar-refractivity contribution in [1.82, 2.24) is 5.32 Å². The van der Waals surface area contributed by atoms with Crippen LogP contribution in [0.3, 0.4) is 0 Å². The Morgan fingerprint density at radius 2 is 1.95 bits per heavy atom. The Morgan fingerprint density at radius 3 is 2.57 bits per heavy atom. The molecule has 0 fully saturated rings. The van der Waals surface area contributed by atoms with E-state index < -0.39 is 0 Å². The van der Waals surface area contributed by atoms with E-state index in [0.29, 0.717) is 6.04 Å². The molecule has 0 saturated heterocycles. The van der Waals surface area contributed by atoms with Gasteiger partial charge in [-0.2, -0.15) is 0 Å². The summed E-state index contributed by atoms with van der Waals surface area (Å²) in [5, 5.41) is 4.07. The monoisotopic (exact) mass is 366 g/mol. The Morgan fingerprint density at radius 1 is 1.24 bits per heavy atom. The van der Waals surface area contributed by atoms with Gasteiger partial charge in [-0.25, -0.2) is 0 Å². The summed E-state index contributed by atoms with van der Waals surface area (Å²) in [5.74, 6) is 0. The molecule has 1 N–H and O–H groups in total. The maximum Gasteiger partial charge on any atom is 0.0455 e. The number of nitrogens with one attached hydrogen (secondary N) is 1. The Balaban J connectivity index is 2.18. The molecular weight excluding hydrogens is 348 g/mol. The standard InChI is InChI=1S/C17H20BrClN2/c1-12(20-2)15-9-8-14(10-16(15)18)21(3)11-13-6-4-5-7-17(13)19/h4-10,12,20H,11H2,1-3H3. The van der Waals surface area contributed by atoms with Crippen LogP contribution in [0, 0.1) is 0 Å². The molecule has 0 aromatic heterocycles. The summed E-state index contributed by atoms with van der Waals surface area (Å²) in [6.45, 7) is 2.93. The van der Waals surface area contributed by atoms with Gasteiger partial charge in [0.05, 0.1) is 0 Å². The van der Waals surface area contributed by atoms with E-state index in [1.807, 2.05) is 25.2 Å². The van der Waals surface area contributed by atoms with Gasteiger partial charge in [-0.1, -0.05) is 51.8 Å². The molecule has 21 heavy (non-hydrogen) atoms. The van der Waals surface area contributed by atoms with Gasteiger partial charge in [0.2, 0.25) is 0 Å². The molecule has 2 nitrogen and oxygen atoms in total. The smallest absolute Gasteiger partial charge is 0.0455 e. The Labute approximate surface area is 140 Å². The van der Waals surface area contributed by atoms with Crippen molar-refractivity contribution in [2.45, 2.75) is 19.5 Å². The first-order chi connectivity index (χ1) is 10.0. The summed E-state index contributed by atoms with van der Waals surface area (Å²) in [6, 6.07) is 14.7. The molecule has 0 spiro atoms. The third kappa shape index (κ3) is 4.00. The number of hydrogen-bond donors (Lipinski definition) is 1. The zero-order valence-electron chi connectivity index (χ0n) is 12.5. The summed E-state index contributed by atoms with van der Waals surface area (Å²) in [5.41, 5.74) is 3.55. The first kappa shape index (κ1) is 16.3. The molecule has 0 heterocycles. The molecule has 0 aliphatic heterocycles. The lowest BCUT2D eigenvalue weighted by Crippen LogP contribution is -2.17. The second kappa shape index (κ2) is 7.30. The van der Waals surface area contributed by atoms with E-state index in [9.17, 15) is 0 Å². The highest BCUT2D eigenvalue weighted by molar-refractivity contribution is 9.10. The topological polar surface area (TPSA) is 15.3 Å². The number of rotatable bonds is 5. The zero-order chi connectivity index (χ0) is 15.4. The minimum atomic E-state index is 0.322. The molecule has 4 heteroatoms. The predicted octanol–water partition coefficient (Wildman–Crippen LogP) is 5.02. The van der Waals surface area contributed by atoms with Crippen molar-refractivity contribution in [3.8, 4) is 0 Å². The highest BCUT2D eigenvalue weighted by Gasteiger charge is 2.10. The molecule has 0 bridgehead atoms. The minimum absolute atomic E-state index is 0.322. The maximum absolute atomic E-state index is 6.23. The van der Waals surface area contributed by atoms with Crippen LogP contribution in [-0.4, -0.2) is 14.1 Å². The van der Waals surface area contributed by atoms with Gasteiger partial charge in [-0.15, -0.1) is 0 Å². The molecule has 0 radical (unpaired) electrons. The van der Waals surface area contributed by atoms with Crippen molar-refractivity contribution < 1.29 is 0 Å². The van der Waals surface area contributed by atoms with Crippen LogP contribution in [0.25, 0.3) is 0 Å². The summed E-state index contributed by atoms with van der Waals surface area (Å²) < 4.78 is 1.12. The summed E-state index contributed by atoms with van der Waals surface area (Å²) in [4.78, 5) is 2.19. The van der Waals surface area contributed by atoms with Crippen molar-refractivity contribution in [3.63, 3.8) is 0 Å². The van der Waals surface area contributed by atoms with Crippen LogP contribution in [0.1, 0.15) is 24.1 Å². The van der Waals surface area contributed by atoms with E-state index in [-0.39, 0.29) is 0 Å². The number of anilines is 1. The van der Waals surface area contributed by atoms with Gasteiger partial charge in [-0.3, -0.25) is 0 Å². The number of hydrogen-bond acceptors (Lipinski definition) is 2. The van der Waals surface area contributed by atoms with Crippen LogP contribution >= 0.6 is 27.5 Å². The van der Waals surface area contributed by atoms with Crippen molar-refractivity contribution in [2.75, 3.05) is 19.0 Å². The van der Waals surface area contributed by atoms with Gasteiger partial charge in [0, 0.05) is 34.8 Å². The number of nitrogens with zero attached hydrogens (tertiary/aromatic N) is 1. The van der Waals surface area contributed by atoms with E-state index in [1.165, 1.54) is 5.56 Å². The van der Waals surface area contributed by atoms with Crippen LogP contribution < -0.4 is 10.2 Å². The molecule has 0 aliphatic carbocycles. The lowest BCUT2D eigenvalue weighted by molar-refractivity contribution is 0.649. The molecule has 1 atom stereocenters. The summed E-state index contributed by atoms with van der Waals surface area (Å²) >= 11 is 9.89. The first-order valence-corrected chi connectivity index (χ1v) is 8.11. The van der Waals surface area contributed by atoms with Gasteiger partial charge in [0.15, 0.2) is 0 Å². The van der Waals surface area contributed by atoms with Crippen molar-refractivity contribution in [1.29, 1.82) is 0 Å². The number of halogens is 2. The predicted molar refractivity (Wildman–Crippen MR) is 95.2 cm³/mol. The van der Waals surface area contributed by atoms with Crippen molar-refractivity contribution in [2.24, 2.45) is 0 Å². The van der Waals surface area contributed by atoms with E-state index in [0.717, 1.165) is 27.3 Å². The van der Waals surface area contributed by atoms with Crippen LogP contribution in [0.15, 0.2) is 46.9 Å². The summed E-state index contributed by atoms with van der Waals surface area (Å²) in [6.07, 6.45) is 0. The van der Waals surface area contributed by atoms with E-state index >= 15 is 0 Å². The van der Waals surface area contributed by atoms with Crippen LogP contribution in [0.2, 0.25) is 5.02 Å². The molecule has 112 valence electrons. The number of benzene rings is 2. The lowest BCUT2D eigenvalue weighted by atomic mass is 10.1. The fraction of sp³-hybridized carbons (Fsp3) is 0.294. The minimum Gasteiger partial charge on any atom is -0.370 e. The van der Waals surface area contributed by atoms with Crippen LogP contribution in [0.4, 0.5) is 5.69 Å². The molecule has 2 rings (SSSR count). The molecule has 1 unspecified atom stereocenters. The summed E-state index contributed by atoms with van der Waals surface area (Å²) in [7, 11) is 4.04. The Kier molecular flexibility index (Phi) is 5.68. The third-order valence-corrected chi connectivity index (χ3v) is 4.75. The van der Waals surface area contributed by atoms with Crippen LogP contribution in [-0.2, 0) is 6.54 Å². The largest absolute Gasteiger partial charge is 0.370 e. The van der Waals surface area contributed by atoms with Crippen LogP contribution in [0.5, 0.6) is 0 Å². The highest BCUT2D eigenvalue weighted by Crippen LogP contribution is 2.29. The molecule has 0 saturated carbocycles. The Hall–Kier alpha value is -1.03. The zero-order valence-corrected chi connectivity index (χ0v) is 14.9. The fourth-order valence-electron chi connectivity index (χ4n) is 2.23. The lowest BCUT2D eigenvalue weighted by Gasteiger charge is -2.22. The highest BCUT2D eigenvalue weighted by atomic mass is 79.9. The normalized spacial score (nSPS) is 12.2. The molecular formula is C17H20BrClN2. The Bertz CT molecular complexity index is 615. The van der Waals surface area contributed by atoms with Gasteiger partial charge >= 0.3 is 0 Å². The van der Waals surface area contributed by atoms with E-state index in [2.05, 4.69) is 64.4 Å². The third-order valence-electron chi connectivity index (χ3n) is 3.69. The molecule has 0 amide bonds. The quantitative estimate of drug-likeness (QED) is 0.798. The average molecular weight is 368 g/mol. The van der Waals surface area contributed by atoms with Gasteiger partial charge < -0.3 is 10.2 Å². The second-order valence-electron chi connectivity index (χ2n) is 5.16. The maximum atomic E-state index is 6.23. The van der Waals surface area contributed by atoms with Gasteiger partial charge in [0.25, 0.3) is 0 Å². The fourth-order valence-corrected chi connectivity index (χ4v) is 3.14. The van der Waals surface area contributed by atoms with Crippen molar-refractivity contribution >= 4 is 33.2 Å². The van der Waals surface area contributed by atoms with Crippen molar-refractivity contribution in [3.05, 3.63) is 63.1 Å². The molecule has 2 aromatic carbocycles. The second-order valence-corrected chi connectivity index (χ2v) is 6.43. The average Bonchev–Trinajstić information content (AvgIpc) is 2.48.